The SMILES string of the molecule is CC(C)=C1C(=O)OC(=O)C1=CCc1cc(-c2ccccc2)oc1-c1ccccc1. The first kappa shape index (κ1) is 18.7. The van der Waals surface area contributed by atoms with Gasteiger partial charge in [-0.2, -0.15) is 0 Å². The number of benzene rings is 2. The summed E-state index contributed by atoms with van der Waals surface area (Å²) >= 11 is 0. The lowest BCUT2D eigenvalue weighted by Gasteiger charge is -2.01. The van der Waals surface area contributed by atoms with Crippen LogP contribution in [0.15, 0.2) is 93.9 Å². The predicted molar refractivity (Wildman–Crippen MR) is 111 cm³/mol. The summed E-state index contributed by atoms with van der Waals surface area (Å²) in [6.45, 7) is 3.59. The van der Waals surface area contributed by atoms with Gasteiger partial charge in [0.05, 0.1) is 11.1 Å². The Morgan fingerprint density at radius 3 is 2.10 bits per heavy atom. The minimum absolute atomic E-state index is 0.316. The maximum atomic E-state index is 12.1. The van der Waals surface area contributed by atoms with Crippen LogP contribution in [0.25, 0.3) is 22.6 Å². The van der Waals surface area contributed by atoms with Gasteiger partial charge in [-0.15, -0.1) is 0 Å². The van der Waals surface area contributed by atoms with Crippen LogP contribution < -0.4 is 0 Å². The van der Waals surface area contributed by atoms with E-state index >= 15 is 0 Å². The Kier molecular flexibility index (Phi) is 5.00. The van der Waals surface area contributed by atoms with Gasteiger partial charge in [0.15, 0.2) is 0 Å². The highest BCUT2D eigenvalue weighted by atomic mass is 16.6. The standard InChI is InChI=1S/C25H20O4/c1-16(2)22-20(24(26)29-25(22)27)14-13-19-15-21(17-9-5-3-6-10-17)28-23(19)18-11-7-4-8-12-18/h3-12,14-15H,13H2,1-2H3. The summed E-state index contributed by atoms with van der Waals surface area (Å²) in [5.41, 5.74) is 4.29. The number of ether oxygens (including phenoxy) is 1. The summed E-state index contributed by atoms with van der Waals surface area (Å²) in [7, 11) is 0. The molecule has 1 aromatic heterocycles. The average Bonchev–Trinajstić information content (AvgIpc) is 3.28. The Bertz CT molecular complexity index is 1130. The van der Waals surface area contributed by atoms with Crippen LogP contribution in [0, 0.1) is 0 Å². The largest absolute Gasteiger partial charge is 0.456 e. The van der Waals surface area contributed by atoms with Gasteiger partial charge in [0.25, 0.3) is 0 Å². The second kappa shape index (κ2) is 7.76. The molecule has 4 nitrogen and oxygen atoms in total. The Hall–Kier alpha value is -3.66. The first-order valence-electron chi connectivity index (χ1n) is 9.42. The highest BCUT2D eigenvalue weighted by Crippen LogP contribution is 2.34. The van der Waals surface area contributed by atoms with Crippen LogP contribution in [0.4, 0.5) is 0 Å². The fourth-order valence-electron chi connectivity index (χ4n) is 3.43. The van der Waals surface area contributed by atoms with Crippen molar-refractivity contribution in [2.45, 2.75) is 20.3 Å². The zero-order valence-electron chi connectivity index (χ0n) is 16.3. The summed E-state index contributed by atoms with van der Waals surface area (Å²) in [4.78, 5) is 24.1. The van der Waals surface area contributed by atoms with Crippen LogP contribution in [0.1, 0.15) is 19.4 Å². The molecule has 2 aromatic carbocycles. The fourth-order valence-corrected chi connectivity index (χ4v) is 3.43. The Morgan fingerprint density at radius 1 is 0.862 bits per heavy atom. The second-order valence-corrected chi connectivity index (χ2v) is 7.07. The molecule has 3 aromatic rings. The number of esters is 2. The van der Waals surface area contributed by atoms with Gasteiger partial charge in [-0.25, -0.2) is 9.59 Å². The molecule has 0 spiro atoms. The monoisotopic (exact) mass is 384 g/mol. The lowest BCUT2D eigenvalue weighted by atomic mass is 10.00. The molecule has 0 amide bonds. The van der Waals surface area contributed by atoms with Crippen molar-refractivity contribution in [3.8, 4) is 22.6 Å². The van der Waals surface area contributed by atoms with Crippen molar-refractivity contribution in [1.29, 1.82) is 0 Å². The van der Waals surface area contributed by atoms with E-state index < -0.39 is 11.9 Å². The van der Waals surface area contributed by atoms with Crippen molar-refractivity contribution in [2.24, 2.45) is 0 Å². The lowest BCUT2D eigenvalue weighted by molar-refractivity contribution is -0.149. The molecule has 1 aliphatic heterocycles. The zero-order chi connectivity index (χ0) is 20.4. The van der Waals surface area contributed by atoms with Gasteiger partial charge in [-0.1, -0.05) is 72.3 Å². The van der Waals surface area contributed by atoms with Crippen LogP contribution in [0.5, 0.6) is 0 Å². The van der Waals surface area contributed by atoms with Gasteiger partial charge in [-0.05, 0) is 26.3 Å². The van der Waals surface area contributed by atoms with E-state index in [9.17, 15) is 9.59 Å². The molecule has 0 bridgehead atoms. The zero-order valence-corrected chi connectivity index (χ0v) is 16.3. The lowest BCUT2D eigenvalue weighted by Crippen LogP contribution is -1.97. The fraction of sp³-hybridized carbons (Fsp3) is 0.120. The maximum Gasteiger partial charge on any atom is 0.346 e. The van der Waals surface area contributed by atoms with Gasteiger partial charge < -0.3 is 9.15 Å². The Labute approximate surface area is 169 Å². The van der Waals surface area contributed by atoms with E-state index in [1.54, 1.807) is 19.9 Å². The van der Waals surface area contributed by atoms with E-state index in [-0.39, 0.29) is 0 Å². The third kappa shape index (κ3) is 3.69. The van der Waals surface area contributed by atoms with Gasteiger partial charge in [-0.3, -0.25) is 0 Å². The number of hydrogen-bond donors (Lipinski definition) is 0. The summed E-state index contributed by atoms with van der Waals surface area (Å²) in [6, 6.07) is 21.7. The average molecular weight is 384 g/mol. The summed E-state index contributed by atoms with van der Waals surface area (Å²) < 4.78 is 11.0. The first-order chi connectivity index (χ1) is 14.0. The topological polar surface area (TPSA) is 56.5 Å². The van der Waals surface area contributed by atoms with Gasteiger partial charge in [0.2, 0.25) is 0 Å². The molecule has 0 atom stereocenters. The number of carbonyl (C=O) groups excluding carboxylic acids is 2. The molecule has 144 valence electrons. The number of hydrogen-bond acceptors (Lipinski definition) is 4. The second-order valence-electron chi connectivity index (χ2n) is 7.07. The molecule has 0 radical (unpaired) electrons. The highest BCUT2D eigenvalue weighted by Gasteiger charge is 2.34. The third-order valence-electron chi connectivity index (χ3n) is 4.81. The van der Waals surface area contributed by atoms with E-state index in [1.807, 2.05) is 66.7 Å². The molecule has 4 rings (SSSR count). The molecule has 0 aliphatic carbocycles. The first-order valence-corrected chi connectivity index (χ1v) is 9.42. The van der Waals surface area contributed by atoms with E-state index in [4.69, 9.17) is 9.15 Å². The van der Waals surface area contributed by atoms with Crippen molar-refractivity contribution in [1.82, 2.24) is 0 Å². The van der Waals surface area contributed by atoms with Crippen LogP contribution in [-0.4, -0.2) is 11.9 Å². The van der Waals surface area contributed by atoms with Gasteiger partial charge in [0.1, 0.15) is 11.5 Å². The molecule has 0 saturated carbocycles. The smallest absolute Gasteiger partial charge is 0.346 e. The van der Waals surface area contributed by atoms with Crippen molar-refractivity contribution < 1.29 is 18.7 Å². The molecule has 1 aliphatic rings. The highest BCUT2D eigenvalue weighted by molar-refractivity contribution is 6.18. The number of rotatable bonds is 4. The van der Waals surface area contributed by atoms with E-state index in [0.29, 0.717) is 17.6 Å². The summed E-state index contributed by atoms with van der Waals surface area (Å²) in [6.07, 6.45) is 2.19. The van der Waals surface area contributed by atoms with Crippen molar-refractivity contribution in [3.63, 3.8) is 0 Å². The third-order valence-corrected chi connectivity index (χ3v) is 4.81. The van der Waals surface area contributed by atoms with Crippen LogP contribution in [0.2, 0.25) is 0 Å². The minimum Gasteiger partial charge on any atom is -0.456 e. The molecule has 1 saturated heterocycles. The van der Waals surface area contributed by atoms with Gasteiger partial charge >= 0.3 is 11.9 Å². The Morgan fingerprint density at radius 2 is 1.48 bits per heavy atom. The quantitative estimate of drug-likeness (QED) is 0.338. The van der Waals surface area contributed by atoms with E-state index in [1.165, 1.54) is 0 Å². The van der Waals surface area contributed by atoms with Crippen molar-refractivity contribution >= 4 is 11.9 Å². The van der Waals surface area contributed by atoms with Crippen LogP contribution in [-0.2, 0) is 20.7 Å². The molecule has 1 fully saturated rings. The maximum absolute atomic E-state index is 12.1. The predicted octanol–water partition coefficient (Wildman–Crippen LogP) is 5.50. The molecule has 2 heterocycles. The Balaban J connectivity index is 1.77. The van der Waals surface area contributed by atoms with Crippen LogP contribution >= 0.6 is 0 Å². The summed E-state index contributed by atoms with van der Waals surface area (Å²) in [5.74, 6) is 0.323. The molecule has 29 heavy (non-hydrogen) atoms. The molecule has 0 unspecified atom stereocenters. The minimum atomic E-state index is -0.598. The normalized spacial score (nSPS) is 15.1. The van der Waals surface area contributed by atoms with Gasteiger partial charge in [0, 0.05) is 16.7 Å². The number of carbonyl (C=O) groups is 2. The van der Waals surface area contributed by atoms with Crippen LogP contribution in [0.3, 0.4) is 0 Å². The number of furan rings is 1. The molecular formula is C25H20O4. The molecule has 4 heteroatoms. The summed E-state index contributed by atoms with van der Waals surface area (Å²) in [5, 5.41) is 0. The van der Waals surface area contributed by atoms with Crippen molar-refractivity contribution in [3.05, 3.63) is 95.1 Å². The molecule has 0 N–H and O–H groups in total. The number of allylic oxidation sites excluding steroid dienone is 2. The van der Waals surface area contributed by atoms with Crippen molar-refractivity contribution in [2.75, 3.05) is 0 Å². The van der Waals surface area contributed by atoms with E-state index in [2.05, 4.69) is 0 Å². The van der Waals surface area contributed by atoms with E-state index in [0.717, 1.165) is 33.8 Å². The molecular weight excluding hydrogens is 364 g/mol. The number of cyclic esters (lactones) is 2.